The Morgan fingerprint density at radius 1 is 1.10 bits per heavy atom. The van der Waals surface area contributed by atoms with Crippen LogP contribution in [0.1, 0.15) is 30.3 Å². The summed E-state index contributed by atoms with van der Waals surface area (Å²) in [5.74, 6) is 1.38. The number of nitrogens with zero attached hydrogens (tertiary/aromatic N) is 2. The molecule has 1 aromatic carbocycles. The van der Waals surface area contributed by atoms with Gasteiger partial charge in [0.2, 0.25) is 0 Å². The third-order valence-electron chi connectivity index (χ3n) is 3.76. The predicted octanol–water partition coefficient (Wildman–Crippen LogP) is 3.57. The number of aromatic nitrogens is 2. The van der Waals surface area contributed by atoms with E-state index in [4.69, 9.17) is 11.6 Å². The molecular weight excluding hydrogens is 270 g/mol. The Morgan fingerprint density at radius 3 is 2.50 bits per heavy atom. The quantitative estimate of drug-likeness (QED) is 0.917. The van der Waals surface area contributed by atoms with Gasteiger partial charge in [-0.2, -0.15) is 0 Å². The molecule has 2 heterocycles. The molecule has 0 aliphatic carbocycles. The zero-order valence-corrected chi connectivity index (χ0v) is 12.3. The van der Waals surface area contributed by atoms with Crippen molar-refractivity contribution in [2.75, 3.05) is 13.1 Å². The van der Waals surface area contributed by atoms with Crippen LogP contribution in [-0.2, 0) is 0 Å². The molecule has 0 unspecified atom stereocenters. The van der Waals surface area contributed by atoms with Crippen LogP contribution < -0.4 is 5.32 Å². The minimum Gasteiger partial charge on any atom is -0.317 e. The SMILES string of the molecule is Cc1nc(-c2ccc(Cl)cc2)cc(C2CCNCC2)n1. The van der Waals surface area contributed by atoms with Crippen LogP contribution in [0.15, 0.2) is 30.3 Å². The summed E-state index contributed by atoms with van der Waals surface area (Å²) in [5.41, 5.74) is 3.25. The third-order valence-corrected chi connectivity index (χ3v) is 4.01. The Labute approximate surface area is 124 Å². The molecule has 3 rings (SSSR count). The lowest BCUT2D eigenvalue weighted by atomic mass is 9.93. The highest BCUT2D eigenvalue weighted by molar-refractivity contribution is 6.30. The summed E-state index contributed by atoms with van der Waals surface area (Å²) in [7, 11) is 0. The predicted molar refractivity (Wildman–Crippen MR) is 82.1 cm³/mol. The van der Waals surface area contributed by atoms with Gasteiger partial charge in [-0.25, -0.2) is 9.97 Å². The van der Waals surface area contributed by atoms with Crippen LogP contribution in [0.25, 0.3) is 11.3 Å². The molecule has 3 nitrogen and oxygen atoms in total. The summed E-state index contributed by atoms with van der Waals surface area (Å²) in [4.78, 5) is 9.19. The van der Waals surface area contributed by atoms with Crippen LogP contribution in [0.3, 0.4) is 0 Å². The lowest BCUT2D eigenvalue weighted by molar-refractivity contribution is 0.452. The minimum absolute atomic E-state index is 0.545. The lowest BCUT2D eigenvalue weighted by Crippen LogP contribution is -2.27. The van der Waals surface area contributed by atoms with E-state index in [0.29, 0.717) is 5.92 Å². The maximum Gasteiger partial charge on any atom is 0.126 e. The van der Waals surface area contributed by atoms with E-state index >= 15 is 0 Å². The van der Waals surface area contributed by atoms with Crippen LogP contribution >= 0.6 is 11.6 Å². The van der Waals surface area contributed by atoms with Crippen LogP contribution in [0.4, 0.5) is 0 Å². The molecule has 0 spiro atoms. The first-order valence-corrected chi connectivity index (χ1v) is 7.42. The molecular formula is C16H18ClN3. The molecule has 4 heteroatoms. The molecule has 0 atom stereocenters. The molecule has 20 heavy (non-hydrogen) atoms. The summed E-state index contributed by atoms with van der Waals surface area (Å²) in [6.07, 6.45) is 2.30. The summed E-state index contributed by atoms with van der Waals surface area (Å²) in [6.45, 7) is 4.11. The van der Waals surface area contributed by atoms with Crippen molar-refractivity contribution >= 4 is 11.6 Å². The average Bonchev–Trinajstić information content (AvgIpc) is 2.48. The van der Waals surface area contributed by atoms with Gasteiger partial charge >= 0.3 is 0 Å². The molecule has 1 fully saturated rings. The number of hydrogen-bond acceptors (Lipinski definition) is 3. The van der Waals surface area contributed by atoms with E-state index in [1.807, 2.05) is 31.2 Å². The van der Waals surface area contributed by atoms with Crippen LogP contribution in [0, 0.1) is 6.92 Å². The second-order valence-electron chi connectivity index (χ2n) is 5.26. The van der Waals surface area contributed by atoms with Gasteiger partial charge in [-0.15, -0.1) is 0 Å². The summed E-state index contributed by atoms with van der Waals surface area (Å²) in [6, 6.07) is 9.95. The van der Waals surface area contributed by atoms with Crippen molar-refractivity contribution in [3.63, 3.8) is 0 Å². The summed E-state index contributed by atoms with van der Waals surface area (Å²) >= 11 is 5.94. The summed E-state index contributed by atoms with van der Waals surface area (Å²) in [5, 5.41) is 4.14. The first-order chi connectivity index (χ1) is 9.72. The normalized spacial score (nSPS) is 16.3. The Bertz CT molecular complexity index is 589. The van der Waals surface area contributed by atoms with Crippen molar-refractivity contribution in [1.29, 1.82) is 0 Å². The van der Waals surface area contributed by atoms with Crippen LogP contribution in [0.5, 0.6) is 0 Å². The first-order valence-electron chi connectivity index (χ1n) is 7.04. The second kappa shape index (κ2) is 5.90. The number of nitrogens with one attached hydrogen (secondary N) is 1. The molecule has 104 valence electrons. The highest BCUT2D eigenvalue weighted by atomic mass is 35.5. The molecule has 1 aliphatic heterocycles. The number of aryl methyl sites for hydroxylation is 1. The number of benzene rings is 1. The van der Waals surface area contributed by atoms with E-state index in [1.165, 1.54) is 5.69 Å². The van der Waals surface area contributed by atoms with E-state index in [9.17, 15) is 0 Å². The van der Waals surface area contributed by atoms with Crippen molar-refractivity contribution in [2.24, 2.45) is 0 Å². The fourth-order valence-corrected chi connectivity index (χ4v) is 2.81. The van der Waals surface area contributed by atoms with Crippen molar-refractivity contribution in [2.45, 2.75) is 25.7 Å². The molecule has 0 radical (unpaired) electrons. The van der Waals surface area contributed by atoms with Gasteiger partial charge in [0, 0.05) is 22.2 Å². The van der Waals surface area contributed by atoms with Gasteiger partial charge in [0.05, 0.1) is 5.69 Å². The Balaban J connectivity index is 1.95. The van der Waals surface area contributed by atoms with Gasteiger partial charge in [-0.05, 0) is 51.1 Å². The molecule has 1 aliphatic rings. The van der Waals surface area contributed by atoms with E-state index in [0.717, 1.165) is 48.0 Å². The van der Waals surface area contributed by atoms with Crippen LogP contribution in [0.2, 0.25) is 5.02 Å². The van der Waals surface area contributed by atoms with E-state index in [-0.39, 0.29) is 0 Å². The second-order valence-corrected chi connectivity index (χ2v) is 5.69. The largest absolute Gasteiger partial charge is 0.317 e. The minimum atomic E-state index is 0.545. The van der Waals surface area contributed by atoms with E-state index < -0.39 is 0 Å². The summed E-state index contributed by atoms with van der Waals surface area (Å²) < 4.78 is 0. The molecule has 1 aromatic heterocycles. The maximum absolute atomic E-state index is 5.94. The molecule has 2 aromatic rings. The Hall–Kier alpha value is -1.45. The average molecular weight is 288 g/mol. The Kier molecular flexibility index (Phi) is 3.99. The molecule has 0 amide bonds. The highest BCUT2D eigenvalue weighted by Gasteiger charge is 2.18. The number of piperidine rings is 1. The van der Waals surface area contributed by atoms with Gasteiger partial charge in [0.25, 0.3) is 0 Å². The standard InChI is InChI=1S/C16H18ClN3/c1-11-19-15(12-2-4-14(17)5-3-12)10-16(20-11)13-6-8-18-9-7-13/h2-5,10,13,18H,6-9H2,1H3. The van der Waals surface area contributed by atoms with Gasteiger partial charge in [-0.1, -0.05) is 23.7 Å². The number of hydrogen-bond donors (Lipinski definition) is 1. The van der Waals surface area contributed by atoms with Gasteiger partial charge in [0.1, 0.15) is 5.82 Å². The molecule has 0 bridgehead atoms. The smallest absolute Gasteiger partial charge is 0.126 e. The molecule has 1 saturated heterocycles. The number of rotatable bonds is 2. The Morgan fingerprint density at radius 2 is 1.80 bits per heavy atom. The van der Waals surface area contributed by atoms with Gasteiger partial charge in [0.15, 0.2) is 0 Å². The fraction of sp³-hybridized carbons (Fsp3) is 0.375. The van der Waals surface area contributed by atoms with Crippen molar-refractivity contribution in [3.05, 3.63) is 46.9 Å². The highest BCUT2D eigenvalue weighted by Crippen LogP contribution is 2.27. The van der Waals surface area contributed by atoms with E-state index in [1.54, 1.807) is 0 Å². The van der Waals surface area contributed by atoms with E-state index in [2.05, 4.69) is 21.4 Å². The van der Waals surface area contributed by atoms with Gasteiger partial charge < -0.3 is 5.32 Å². The first kappa shape index (κ1) is 13.5. The van der Waals surface area contributed by atoms with Crippen molar-refractivity contribution in [3.8, 4) is 11.3 Å². The zero-order chi connectivity index (χ0) is 13.9. The fourth-order valence-electron chi connectivity index (χ4n) is 2.69. The van der Waals surface area contributed by atoms with Gasteiger partial charge in [-0.3, -0.25) is 0 Å². The third kappa shape index (κ3) is 3.00. The molecule has 0 saturated carbocycles. The lowest BCUT2D eigenvalue weighted by Gasteiger charge is -2.22. The van der Waals surface area contributed by atoms with Crippen molar-refractivity contribution < 1.29 is 0 Å². The zero-order valence-electron chi connectivity index (χ0n) is 11.6. The van der Waals surface area contributed by atoms with Crippen LogP contribution in [-0.4, -0.2) is 23.1 Å². The van der Waals surface area contributed by atoms with Crippen molar-refractivity contribution in [1.82, 2.24) is 15.3 Å². The number of halogens is 1. The molecule has 1 N–H and O–H groups in total. The topological polar surface area (TPSA) is 37.8 Å². The monoisotopic (exact) mass is 287 g/mol. The maximum atomic E-state index is 5.94.